The first-order valence-electron chi connectivity index (χ1n) is 5.54. The Kier molecular flexibility index (Phi) is 2.45. The van der Waals surface area contributed by atoms with Crippen LogP contribution in [0.1, 0.15) is 42.6 Å². The van der Waals surface area contributed by atoms with Crippen LogP contribution in [0.5, 0.6) is 0 Å². The zero-order valence-corrected chi connectivity index (χ0v) is 10.5. The van der Waals surface area contributed by atoms with Crippen molar-refractivity contribution >= 4 is 11.5 Å². The van der Waals surface area contributed by atoms with Crippen molar-refractivity contribution in [3.8, 4) is 0 Å². The number of carbonyl (C=O) groups is 1. The topological polar surface area (TPSA) is 54.6 Å². The van der Waals surface area contributed by atoms with E-state index in [9.17, 15) is 9.90 Å². The van der Waals surface area contributed by atoms with Gasteiger partial charge >= 0.3 is 5.97 Å². The zero-order valence-electron chi connectivity index (χ0n) is 10.5. The second-order valence-corrected chi connectivity index (χ2v) is 5.25. The van der Waals surface area contributed by atoms with E-state index in [1.165, 1.54) is 0 Å². The van der Waals surface area contributed by atoms with Gasteiger partial charge in [-0.25, -0.2) is 9.78 Å². The molecule has 0 aromatic carbocycles. The second-order valence-electron chi connectivity index (χ2n) is 5.25. The average molecular weight is 232 g/mol. The first-order chi connectivity index (χ1) is 7.82. The molecule has 0 unspecified atom stereocenters. The number of hydrogen-bond donors (Lipinski definition) is 1. The molecule has 0 aliphatic carbocycles. The number of nitrogens with zero attached hydrogens (tertiary/aromatic N) is 2. The fourth-order valence-electron chi connectivity index (χ4n) is 1.99. The van der Waals surface area contributed by atoms with Crippen molar-refractivity contribution in [2.45, 2.75) is 33.1 Å². The Morgan fingerprint density at radius 1 is 1.41 bits per heavy atom. The third-order valence-corrected chi connectivity index (χ3v) is 2.74. The van der Waals surface area contributed by atoms with Gasteiger partial charge in [0.2, 0.25) is 0 Å². The Morgan fingerprint density at radius 2 is 2.06 bits per heavy atom. The van der Waals surface area contributed by atoms with E-state index in [-0.39, 0.29) is 11.1 Å². The maximum absolute atomic E-state index is 11.2. The molecule has 2 aromatic heterocycles. The minimum Gasteiger partial charge on any atom is -0.476 e. The molecule has 2 rings (SSSR count). The monoisotopic (exact) mass is 232 g/mol. The van der Waals surface area contributed by atoms with E-state index in [0.29, 0.717) is 5.52 Å². The largest absolute Gasteiger partial charge is 0.476 e. The first-order valence-corrected chi connectivity index (χ1v) is 5.54. The van der Waals surface area contributed by atoms with E-state index in [2.05, 4.69) is 4.98 Å². The number of aryl methyl sites for hydroxylation is 1. The summed E-state index contributed by atoms with van der Waals surface area (Å²) in [7, 11) is 0. The zero-order chi connectivity index (χ0) is 12.8. The van der Waals surface area contributed by atoms with Crippen LogP contribution < -0.4 is 0 Å². The lowest BCUT2D eigenvalue weighted by Gasteiger charge is -2.16. The minimum absolute atomic E-state index is 0.132. The number of carboxylic acid groups (broad SMARTS) is 1. The SMILES string of the molecule is Cc1cccn2c(C(C)(C)C)nc(C(=O)O)c12. The van der Waals surface area contributed by atoms with Crippen LogP contribution in [-0.4, -0.2) is 20.5 Å². The van der Waals surface area contributed by atoms with Gasteiger partial charge in [-0.05, 0) is 18.6 Å². The predicted octanol–water partition coefficient (Wildman–Crippen LogP) is 2.64. The van der Waals surface area contributed by atoms with Crippen molar-refractivity contribution in [1.82, 2.24) is 9.38 Å². The lowest BCUT2D eigenvalue weighted by molar-refractivity contribution is 0.0693. The molecule has 0 bridgehead atoms. The van der Waals surface area contributed by atoms with E-state index < -0.39 is 5.97 Å². The molecule has 1 N–H and O–H groups in total. The fourth-order valence-corrected chi connectivity index (χ4v) is 1.99. The summed E-state index contributed by atoms with van der Waals surface area (Å²) >= 11 is 0. The van der Waals surface area contributed by atoms with Gasteiger partial charge in [0.25, 0.3) is 0 Å². The lowest BCUT2D eigenvalue weighted by atomic mass is 9.96. The third kappa shape index (κ3) is 1.79. The molecule has 0 spiro atoms. The van der Waals surface area contributed by atoms with E-state index >= 15 is 0 Å². The van der Waals surface area contributed by atoms with Crippen molar-refractivity contribution in [3.63, 3.8) is 0 Å². The summed E-state index contributed by atoms with van der Waals surface area (Å²) in [6.07, 6.45) is 1.86. The number of aromatic nitrogens is 2. The number of fused-ring (bicyclic) bond motifs is 1. The van der Waals surface area contributed by atoms with Gasteiger partial charge in [-0.2, -0.15) is 0 Å². The van der Waals surface area contributed by atoms with E-state index in [1.807, 2.05) is 50.4 Å². The minimum atomic E-state index is -0.979. The van der Waals surface area contributed by atoms with Crippen LogP contribution in [-0.2, 0) is 5.41 Å². The molecule has 2 aromatic rings. The van der Waals surface area contributed by atoms with Gasteiger partial charge in [-0.3, -0.25) is 0 Å². The molecule has 90 valence electrons. The molecule has 0 saturated carbocycles. The Hall–Kier alpha value is -1.84. The molecule has 0 radical (unpaired) electrons. The average Bonchev–Trinajstić information content (AvgIpc) is 2.57. The normalized spacial score (nSPS) is 12.0. The lowest BCUT2D eigenvalue weighted by Crippen LogP contribution is -2.16. The van der Waals surface area contributed by atoms with Crippen molar-refractivity contribution in [3.05, 3.63) is 35.4 Å². The van der Waals surface area contributed by atoms with Crippen LogP contribution in [0.15, 0.2) is 18.3 Å². The molecule has 0 fully saturated rings. The summed E-state index contributed by atoms with van der Waals surface area (Å²) in [5.41, 5.74) is 1.55. The van der Waals surface area contributed by atoms with Crippen LogP contribution in [0, 0.1) is 6.92 Å². The molecule has 0 aliphatic heterocycles. The highest BCUT2D eigenvalue weighted by molar-refractivity contribution is 5.94. The Labute approximate surface area is 99.9 Å². The Balaban J connectivity index is 2.90. The quantitative estimate of drug-likeness (QED) is 0.822. The van der Waals surface area contributed by atoms with Crippen molar-refractivity contribution in [2.75, 3.05) is 0 Å². The highest BCUT2D eigenvalue weighted by Gasteiger charge is 2.25. The van der Waals surface area contributed by atoms with Gasteiger partial charge in [0.15, 0.2) is 5.69 Å². The predicted molar refractivity (Wildman–Crippen MR) is 65.6 cm³/mol. The summed E-state index contributed by atoms with van der Waals surface area (Å²) in [6, 6.07) is 3.81. The molecule has 4 nitrogen and oxygen atoms in total. The Morgan fingerprint density at radius 3 is 2.59 bits per heavy atom. The summed E-state index contributed by atoms with van der Waals surface area (Å²) in [6.45, 7) is 7.97. The first kappa shape index (κ1) is 11.6. The van der Waals surface area contributed by atoms with Gasteiger partial charge in [0.05, 0.1) is 5.52 Å². The molecule has 4 heteroatoms. The molecular weight excluding hydrogens is 216 g/mol. The summed E-state index contributed by atoms with van der Waals surface area (Å²) in [5.74, 6) is -0.207. The van der Waals surface area contributed by atoms with E-state index in [4.69, 9.17) is 0 Å². The molecule has 0 saturated heterocycles. The highest BCUT2D eigenvalue weighted by atomic mass is 16.4. The van der Waals surface area contributed by atoms with Gasteiger partial charge < -0.3 is 9.51 Å². The Bertz CT molecular complexity index is 591. The van der Waals surface area contributed by atoms with Crippen molar-refractivity contribution in [2.24, 2.45) is 0 Å². The van der Waals surface area contributed by atoms with Gasteiger partial charge in [-0.1, -0.05) is 26.8 Å². The molecule has 0 atom stereocenters. The fraction of sp³-hybridized carbons (Fsp3) is 0.385. The molecule has 2 heterocycles. The molecule has 0 aliphatic rings. The summed E-state index contributed by atoms with van der Waals surface area (Å²) in [4.78, 5) is 15.5. The van der Waals surface area contributed by atoms with E-state index in [0.717, 1.165) is 11.4 Å². The number of imidazole rings is 1. The smallest absolute Gasteiger partial charge is 0.356 e. The third-order valence-electron chi connectivity index (χ3n) is 2.74. The van der Waals surface area contributed by atoms with Crippen LogP contribution in [0.3, 0.4) is 0 Å². The summed E-state index contributed by atoms with van der Waals surface area (Å²) in [5, 5.41) is 9.21. The number of carboxylic acids is 1. The van der Waals surface area contributed by atoms with Crippen molar-refractivity contribution < 1.29 is 9.90 Å². The molecule has 17 heavy (non-hydrogen) atoms. The van der Waals surface area contributed by atoms with Crippen LogP contribution >= 0.6 is 0 Å². The molecular formula is C13H16N2O2. The van der Waals surface area contributed by atoms with Crippen LogP contribution in [0.4, 0.5) is 0 Å². The summed E-state index contributed by atoms with van der Waals surface area (Å²) < 4.78 is 1.87. The number of rotatable bonds is 1. The molecule has 0 amide bonds. The maximum atomic E-state index is 11.2. The highest BCUT2D eigenvalue weighted by Crippen LogP contribution is 2.26. The number of pyridine rings is 1. The van der Waals surface area contributed by atoms with Crippen LogP contribution in [0.25, 0.3) is 5.52 Å². The number of aromatic carboxylic acids is 1. The maximum Gasteiger partial charge on any atom is 0.356 e. The second kappa shape index (κ2) is 3.58. The van der Waals surface area contributed by atoms with Gasteiger partial charge in [0.1, 0.15) is 5.82 Å². The standard InChI is InChI=1S/C13H16N2O2/c1-8-6-5-7-15-10(8)9(11(16)17)14-12(15)13(2,3)4/h5-7H,1-4H3,(H,16,17). The van der Waals surface area contributed by atoms with Crippen molar-refractivity contribution in [1.29, 1.82) is 0 Å². The van der Waals surface area contributed by atoms with Gasteiger partial charge in [-0.15, -0.1) is 0 Å². The number of hydrogen-bond acceptors (Lipinski definition) is 2. The van der Waals surface area contributed by atoms with Crippen LogP contribution in [0.2, 0.25) is 0 Å². The van der Waals surface area contributed by atoms with E-state index in [1.54, 1.807) is 0 Å². The van der Waals surface area contributed by atoms with Gasteiger partial charge in [0, 0.05) is 11.6 Å².